The van der Waals surface area contributed by atoms with Crippen molar-refractivity contribution in [1.29, 1.82) is 0 Å². The molecule has 0 spiro atoms. The van der Waals surface area contributed by atoms with E-state index in [-0.39, 0.29) is 0 Å². The number of hydrogen-bond acceptors (Lipinski definition) is 5. The number of hydrogen-bond donors (Lipinski definition) is 3. The maximum atomic E-state index is 13.6. The van der Waals surface area contributed by atoms with Crippen molar-refractivity contribution in [3.05, 3.63) is 71.4 Å². The van der Waals surface area contributed by atoms with Crippen molar-refractivity contribution in [2.45, 2.75) is 13.0 Å². The molecule has 1 heterocycles. The van der Waals surface area contributed by atoms with Crippen LogP contribution in [0.5, 0.6) is 17.2 Å². The molecule has 0 bridgehead atoms. The van der Waals surface area contributed by atoms with Crippen LogP contribution in [0.2, 0.25) is 0 Å². The second-order valence-corrected chi connectivity index (χ2v) is 7.49. The minimum absolute atomic E-state index is 0.356. The average molecular weight is 447 g/mol. The zero-order chi connectivity index (χ0) is 23.5. The molecule has 3 amide bonds. The molecule has 0 saturated carbocycles. The monoisotopic (exact) mass is 447 g/mol. The molecule has 3 aromatic carbocycles. The van der Waals surface area contributed by atoms with Gasteiger partial charge in [-0.25, -0.2) is 4.79 Å². The number of rotatable bonds is 6. The first-order valence-electron chi connectivity index (χ1n) is 10.3. The number of methoxy groups -OCH3 is 3. The summed E-state index contributed by atoms with van der Waals surface area (Å²) in [6.45, 7) is 1.70. The van der Waals surface area contributed by atoms with Crippen molar-refractivity contribution < 1.29 is 23.8 Å². The number of nitrogens with one attached hydrogen (secondary N) is 3. The van der Waals surface area contributed by atoms with E-state index in [0.717, 1.165) is 10.8 Å². The molecular formula is C25H25N3O5. The maximum Gasteiger partial charge on any atom is 0.319 e. The van der Waals surface area contributed by atoms with Gasteiger partial charge in [0.05, 0.1) is 38.6 Å². The second kappa shape index (κ2) is 9.12. The summed E-state index contributed by atoms with van der Waals surface area (Å²) in [4.78, 5) is 26.0. The fourth-order valence-corrected chi connectivity index (χ4v) is 4.06. The Morgan fingerprint density at radius 2 is 1.67 bits per heavy atom. The van der Waals surface area contributed by atoms with Gasteiger partial charge in [0.2, 0.25) is 0 Å². The summed E-state index contributed by atoms with van der Waals surface area (Å²) in [5.74, 6) is 1.22. The Morgan fingerprint density at radius 1 is 0.939 bits per heavy atom. The number of anilines is 1. The summed E-state index contributed by atoms with van der Waals surface area (Å²) in [6.07, 6.45) is 0. The van der Waals surface area contributed by atoms with E-state index in [1.165, 1.54) is 7.11 Å². The van der Waals surface area contributed by atoms with Crippen molar-refractivity contribution >= 4 is 28.4 Å². The van der Waals surface area contributed by atoms with Crippen LogP contribution < -0.4 is 30.2 Å². The zero-order valence-electron chi connectivity index (χ0n) is 18.8. The van der Waals surface area contributed by atoms with E-state index in [1.807, 2.05) is 36.4 Å². The number of urea groups is 1. The van der Waals surface area contributed by atoms with Gasteiger partial charge in [0, 0.05) is 17.3 Å². The molecule has 0 fully saturated rings. The number of fused-ring (bicyclic) bond motifs is 1. The maximum absolute atomic E-state index is 13.6. The Hall–Kier alpha value is -4.20. The van der Waals surface area contributed by atoms with Gasteiger partial charge in [-0.05, 0) is 35.9 Å². The molecule has 0 aliphatic carbocycles. The standard InChI is InChI=1S/C25H25N3O5/c1-14-21(24(29)27-18-13-16(31-2)10-12-19(18)32-3)23(28-25(30)26-14)22-17-8-6-5-7-15(17)9-11-20(22)33-4/h5-13,23H,1-4H3,(H,27,29)(H2,26,28,30). The first-order chi connectivity index (χ1) is 16.0. The number of benzene rings is 3. The number of allylic oxidation sites excluding steroid dienone is 1. The first-order valence-corrected chi connectivity index (χ1v) is 10.3. The first kappa shape index (κ1) is 22.0. The molecule has 0 saturated heterocycles. The topological polar surface area (TPSA) is 97.9 Å². The highest BCUT2D eigenvalue weighted by Gasteiger charge is 2.34. The van der Waals surface area contributed by atoms with E-state index in [2.05, 4.69) is 16.0 Å². The fourth-order valence-electron chi connectivity index (χ4n) is 4.06. The Balaban J connectivity index is 1.83. The van der Waals surface area contributed by atoms with E-state index in [4.69, 9.17) is 14.2 Å². The van der Waals surface area contributed by atoms with Gasteiger partial charge in [0.25, 0.3) is 5.91 Å². The Bertz CT molecular complexity index is 1270. The summed E-state index contributed by atoms with van der Waals surface area (Å²) in [5.41, 5.74) is 1.95. The van der Waals surface area contributed by atoms with Gasteiger partial charge in [0.1, 0.15) is 17.2 Å². The molecular weight excluding hydrogens is 422 g/mol. The van der Waals surface area contributed by atoms with Crippen molar-refractivity contribution in [2.24, 2.45) is 0 Å². The van der Waals surface area contributed by atoms with Gasteiger partial charge in [-0.1, -0.05) is 30.3 Å². The third-order valence-electron chi connectivity index (χ3n) is 5.61. The van der Waals surface area contributed by atoms with Crippen LogP contribution in [-0.4, -0.2) is 33.3 Å². The lowest BCUT2D eigenvalue weighted by molar-refractivity contribution is -0.113. The molecule has 0 aromatic heterocycles. The van der Waals surface area contributed by atoms with Crippen LogP contribution >= 0.6 is 0 Å². The number of amides is 3. The van der Waals surface area contributed by atoms with Crippen LogP contribution in [0.25, 0.3) is 10.8 Å². The van der Waals surface area contributed by atoms with Crippen LogP contribution in [0.1, 0.15) is 18.5 Å². The van der Waals surface area contributed by atoms with Gasteiger partial charge in [-0.2, -0.15) is 0 Å². The quantitative estimate of drug-likeness (QED) is 0.528. The number of ether oxygens (including phenoxy) is 3. The predicted octanol–water partition coefficient (Wildman–Crippen LogP) is 4.13. The summed E-state index contributed by atoms with van der Waals surface area (Å²) >= 11 is 0. The molecule has 1 atom stereocenters. The van der Waals surface area contributed by atoms with Gasteiger partial charge in [-0.3, -0.25) is 4.79 Å². The van der Waals surface area contributed by atoms with Crippen LogP contribution in [0, 0.1) is 0 Å². The molecule has 8 nitrogen and oxygen atoms in total. The molecule has 1 aliphatic rings. The second-order valence-electron chi connectivity index (χ2n) is 7.49. The van der Waals surface area contributed by atoms with E-state index in [0.29, 0.717) is 39.8 Å². The molecule has 3 aromatic rings. The third-order valence-corrected chi connectivity index (χ3v) is 5.61. The van der Waals surface area contributed by atoms with Gasteiger partial charge < -0.3 is 30.2 Å². The lowest BCUT2D eigenvalue weighted by Gasteiger charge is -2.30. The molecule has 8 heteroatoms. The fraction of sp³-hybridized carbons (Fsp3) is 0.200. The summed E-state index contributed by atoms with van der Waals surface area (Å²) in [5, 5.41) is 10.3. The number of carbonyl (C=O) groups excluding carboxylic acids is 2. The molecule has 33 heavy (non-hydrogen) atoms. The Kier molecular flexibility index (Phi) is 6.08. The van der Waals surface area contributed by atoms with E-state index < -0.39 is 18.0 Å². The molecule has 1 aliphatic heterocycles. The highest BCUT2D eigenvalue weighted by Crippen LogP contribution is 2.39. The summed E-state index contributed by atoms with van der Waals surface area (Å²) < 4.78 is 16.3. The summed E-state index contributed by atoms with van der Waals surface area (Å²) in [6, 6.07) is 15.5. The molecule has 170 valence electrons. The van der Waals surface area contributed by atoms with Crippen molar-refractivity contribution in [1.82, 2.24) is 10.6 Å². The van der Waals surface area contributed by atoms with Crippen molar-refractivity contribution in [3.8, 4) is 17.2 Å². The van der Waals surface area contributed by atoms with E-state index in [1.54, 1.807) is 39.3 Å². The molecule has 3 N–H and O–H groups in total. The molecule has 0 radical (unpaired) electrons. The smallest absolute Gasteiger partial charge is 0.319 e. The molecule has 4 rings (SSSR count). The highest BCUT2D eigenvalue weighted by molar-refractivity contribution is 6.08. The largest absolute Gasteiger partial charge is 0.497 e. The van der Waals surface area contributed by atoms with Gasteiger partial charge in [0.15, 0.2) is 0 Å². The third kappa shape index (κ3) is 4.15. The van der Waals surface area contributed by atoms with Crippen molar-refractivity contribution in [3.63, 3.8) is 0 Å². The molecule has 1 unspecified atom stereocenters. The lowest BCUT2D eigenvalue weighted by atomic mass is 9.90. The highest BCUT2D eigenvalue weighted by atomic mass is 16.5. The minimum Gasteiger partial charge on any atom is -0.497 e. The Morgan fingerprint density at radius 3 is 2.39 bits per heavy atom. The average Bonchev–Trinajstić information content (AvgIpc) is 2.82. The van der Waals surface area contributed by atoms with Crippen LogP contribution in [0.15, 0.2) is 65.9 Å². The van der Waals surface area contributed by atoms with Gasteiger partial charge in [-0.15, -0.1) is 0 Å². The Labute approximate surface area is 191 Å². The summed E-state index contributed by atoms with van der Waals surface area (Å²) in [7, 11) is 4.63. The van der Waals surface area contributed by atoms with E-state index >= 15 is 0 Å². The van der Waals surface area contributed by atoms with Crippen LogP contribution in [0.3, 0.4) is 0 Å². The van der Waals surface area contributed by atoms with Crippen LogP contribution in [0.4, 0.5) is 10.5 Å². The predicted molar refractivity (Wildman–Crippen MR) is 126 cm³/mol. The minimum atomic E-state index is -0.739. The number of carbonyl (C=O) groups is 2. The van der Waals surface area contributed by atoms with Crippen molar-refractivity contribution in [2.75, 3.05) is 26.6 Å². The SMILES string of the molecule is COc1ccc(OC)c(NC(=O)C2=C(C)NC(=O)NC2c2c(OC)ccc3ccccc23)c1. The van der Waals surface area contributed by atoms with Gasteiger partial charge >= 0.3 is 6.03 Å². The van der Waals surface area contributed by atoms with E-state index in [9.17, 15) is 9.59 Å². The normalized spacial score (nSPS) is 15.5. The lowest BCUT2D eigenvalue weighted by Crippen LogP contribution is -2.46. The zero-order valence-corrected chi connectivity index (χ0v) is 18.8. The van der Waals surface area contributed by atoms with Crippen LogP contribution in [-0.2, 0) is 4.79 Å².